The van der Waals surface area contributed by atoms with E-state index in [0.29, 0.717) is 6.61 Å². The second kappa shape index (κ2) is 6.37. The number of piperidine rings is 1. The van der Waals surface area contributed by atoms with Crippen LogP contribution in [0.1, 0.15) is 40.0 Å². The molecule has 0 bridgehead atoms. The maximum absolute atomic E-state index is 11.6. The van der Waals surface area contributed by atoms with Crippen LogP contribution in [-0.4, -0.2) is 40.1 Å². The van der Waals surface area contributed by atoms with Gasteiger partial charge in [-0.25, -0.2) is 0 Å². The number of rotatable bonds is 4. The molecule has 112 valence electrons. The van der Waals surface area contributed by atoms with Crippen LogP contribution in [0.3, 0.4) is 0 Å². The molecule has 2 unspecified atom stereocenters. The summed E-state index contributed by atoms with van der Waals surface area (Å²) in [6.07, 6.45) is 2.99. The smallest absolute Gasteiger partial charge is 0.322 e. The molecular formula is C14H29NO3Si. The Bertz CT molecular complexity index is 312. The molecule has 0 amide bonds. The lowest BCUT2D eigenvalue weighted by atomic mass is 9.99. The third-order valence-electron chi connectivity index (χ3n) is 4.42. The van der Waals surface area contributed by atoms with E-state index < -0.39 is 8.32 Å². The number of carbonyl (C=O) groups is 1. The van der Waals surface area contributed by atoms with Gasteiger partial charge in [0.1, 0.15) is 6.04 Å². The summed E-state index contributed by atoms with van der Waals surface area (Å²) in [5.41, 5.74) is 0. The van der Waals surface area contributed by atoms with Crippen LogP contribution >= 0.6 is 0 Å². The molecule has 0 spiro atoms. The van der Waals surface area contributed by atoms with Crippen LogP contribution in [0.2, 0.25) is 18.1 Å². The molecule has 5 heteroatoms. The SMILES string of the molecule is COC(=O)C1CCCC(CO[Si](C)(C)C(C)(C)C)N1. The van der Waals surface area contributed by atoms with Crippen LogP contribution in [0.15, 0.2) is 0 Å². The van der Waals surface area contributed by atoms with Crippen molar-refractivity contribution in [1.82, 2.24) is 5.32 Å². The van der Waals surface area contributed by atoms with Crippen molar-refractivity contribution in [3.8, 4) is 0 Å². The van der Waals surface area contributed by atoms with Gasteiger partial charge in [0.15, 0.2) is 8.32 Å². The Labute approximate surface area is 118 Å². The van der Waals surface area contributed by atoms with E-state index in [4.69, 9.17) is 9.16 Å². The Morgan fingerprint density at radius 2 is 1.95 bits per heavy atom. The molecule has 19 heavy (non-hydrogen) atoms. The van der Waals surface area contributed by atoms with Gasteiger partial charge in [-0.3, -0.25) is 10.1 Å². The lowest BCUT2D eigenvalue weighted by Gasteiger charge is -2.38. The first-order valence-corrected chi connectivity index (χ1v) is 10.1. The second-order valence-corrected chi connectivity index (χ2v) is 11.8. The monoisotopic (exact) mass is 287 g/mol. The van der Waals surface area contributed by atoms with Gasteiger partial charge in [0.05, 0.1) is 7.11 Å². The first-order valence-electron chi connectivity index (χ1n) is 7.15. The van der Waals surface area contributed by atoms with Crippen molar-refractivity contribution in [2.75, 3.05) is 13.7 Å². The number of esters is 1. The Morgan fingerprint density at radius 1 is 1.32 bits per heavy atom. The highest BCUT2D eigenvalue weighted by Crippen LogP contribution is 2.36. The molecule has 1 aliphatic rings. The van der Waals surface area contributed by atoms with Gasteiger partial charge in [0.25, 0.3) is 0 Å². The van der Waals surface area contributed by atoms with Crippen LogP contribution in [0.4, 0.5) is 0 Å². The zero-order valence-electron chi connectivity index (χ0n) is 13.2. The molecule has 1 heterocycles. The number of nitrogens with one attached hydrogen (secondary N) is 1. The van der Waals surface area contributed by atoms with E-state index in [1.165, 1.54) is 7.11 Å². The summed E-state index contributed by atoms with van der Waals surface area (Å²) in [4.78, 5) is 11.6. The fourth-order valence-electron chi connectivity index (χ4n) is 2.00. The van der Waals surface area contributed by atoms with Crippen molar-refractivity contribution in [1.29, 1.82) is 0 Å². The second-order valence-electron chi connectivity index (χ2n) is 6.94. The van der Waals surface area contributed by atoms with Crippen molar-refractivity contribution < 1.29 is 14.0 Å². The summed E-state index contributed by atoms with van der Waals surface area (Å²) in [7, 11) is -0.258. The van der Waals surface area contributed by atoms with E-state index in [0.717, 1.165) is 19.3 Å². The molecule has 0 saturated carbocycles. The van der Waals surface area contributed by atoms with Gasteiger partial charge in [-0.1, -0.05) is 20.8 Å². The highest BCUT2D eigenvalue weighted by Gasteiger charge is 2.38. The summed E-state index contributed by atoms with van der Waals surface area (Å²) in [5, 5.41) is 3.58. The number of methoxy groups -OCH3 is 1. The van der Waals surface area contributed by atoms with Gasteiger partial charge < -0.3 is 9.16 Å². The van der Waals surface area contributed by atoms with Gasteiger partial charge >= 0.3 is 5.97 Å². The lowest BCUT2D eigenvalue weighted by molar-refractivity contribution is -0.144. The summed E-state index contributed by atoms with van der Waals surface area (Å²) in [6, 6.07) is 0.110. The van der Waals surface area contributed by atoms with Crippen LogP contribution < -0.4 is 5.32 Å². The number of ether oxygens (including phenoxy) is 1. The first-order chi connectivity index (χ1) is 8.67. The predicted octanol–water partition coefficient (Wildman–Crippen LogP) is 2.69. The molecule has 1 fully saturated rings. The minimum Gasteiger partial charge on any atom is -0.468 e. The molecule has 0 aromatic rings. The molecule has 0 aromatic heterocycles. The highest BCUT2D eigenvalue weighted by molar-refractivity contribution is 6.74. The average Bonchev–Trinajstić information content (AvgIpc) is 2.34. The van der Waals surface area contributed by atoms with E-state index in [2.05, 4.69) is 39.2 Å². The van der Waals surface area contributed by atoms with Crippen molar-refractivity contribution in [3.05, 3.63) is 0 Å². The molecule has 1 aliphatic heterocycles. The number of hydrogen-bond acceptors (Lipinski definition) is 4. The van der Waals surface area contributed by atoms with E-state index in [1.807, 2.05) is 0 Å². The zero-order valence-corrected chi connectivity index (χ0v) is 14.2. The maximum Gasteiger partial charge on any atom is 0.322 e. The van der Waals surface area contributed by atoms with Crippen molar-refractivity contribution >= 4 is 14.3 Å². The largest absolute Gasteiger partial charge is 0.468 e. The fourth-order valence-corrected chi connectivity index (χ4v) is 3.06. The number of hydrogen-bond donors (Lipinski definition) is 1. The third-order valence-corrected chi connectivity index (χ3v) is 8.92. The quantitative estimate of drug-likeness (QED) is 0.638. The van der Waals surface area contributed by atoms with E-state index in [9.17, 15) is 4.79 Å². The molecule has 1 N–H and O–H groups in total. The zero-order chi connectivity index (χ0) is 14.7. The molecule has 0 aliphatic carbocycles. The fraction of sp³-hybridized carbons (Fsp3) is 0.929. The number of carbonyl (C=O) groups excluding carboxylic acids is 1. The van der Waals surface area contributed by atoms with Gasteiger partial charge in [-0.05, 0) is 37.4 Å². The normalized spacial score (nSPS) is 25.2. The van der Waals surface area contributed by atoms with Gasteiger partial charge in [0.2, 0.25) is 0 Å². The van der Waals surface area contributed by atoms with Gasteiger partial charge in [-0.2, -0.15) is 0 Å². The van der Waals surface area contributed by atoms with Crippen molar-refractivity contribution in [2.24, 2.45) is 0 Å². The molecular weight excluding hydrogens is 258 g/mol. The Balaban J connectivity index is 2.48. The Kier molecular flexibility index (Phi) is 5.59. The molecule has 1 rings (SSSR count). The molecule has 4 nitrogen and oxygen atoms in total. The van der Waals surface area contributed by atoms with Crippen LogP contribution in [0, 0.1) is 0 Å². The van der Waals surface area contributed by atoms with Crippen LogP contribution in [-0.2, 0) is 14.0 Å². The summed E-state index contributed by atoms with van der Waals surface area (Å²) < 4.78 is 11.0. The Hall–Kier alpha value is -0.393. The predicted molar refractivity (Wildman–Crippen MR) is 79.7 cm³/mol. The van der Waals surface area contributed by atoms with E-state index in [-0.39, 0.29) is 23.1 Å². The van der Waals surface area contributed by atoms with Crippen LogP contribution in [0.5, 0.6) is 0 Å². The minimum atomic E-state index is -1.70. The highest BCUT2D eigenvalue weighted by atomic mass is 28.4. The van der Waals surface area contributed by atoms with Gasteiger partial charge in [-0.15, -0.1) is 0 Å². The lowest BCUT2D eigenvalue weighted by Crippen LogP contribution is -2.51. The Morgan fingerprint density at radius 3 is 2.47 bits per heavy atom. The standard InChI is InChI=1S/C14H29NO3Si/c1-14(2,3)19(5,6)18-10-11-8-7-9-12(15-11)13(16)17-4/h11-12,15H,7-10H2,1-6H3. The maximum atomic E-state index is 11.6. The van der Waals surface area contributed by atoms with Crippen molar-refractivity contribution in [2.45, 2.75) is 70.2 Å². The molecule has 2 atom stereocenters. The minimum absolute atomic E-state index is 0.156. The molecule has 0 aromatic carbocycles. The average molecular weight is 287 g/mol. The first kappa shape index (κ1) is 16.7. The third kappa shape index (κ3) is 4.58. The van der Waals surface area contributed by atoms with E-state index >= 15 is 0 Å². The molecule has 1 saturated heterocycles. The summed E-state index contributed by atoms with van der Waals surface area (Å²) in [6.45, 7) is 11.9. The topological polar surface area (TPSA) is 47.6 Å². The van der Waals surface area contributed by atoms with Crippen LogP contribution in [0.25, 0.3) is 0 Å². The van der Waals surface area contributed by atoms with Gasteiger partial charge in [0, 0.05) is 12.6 Å². The molecule has 0 radical (unpaired) electrons. The summed E-state index contributed by atoms with van der Waals surface area (Å²) in [5.74, 6) is -0.156. The van der Waals surface area contributed by atoms with Crippen molar-refractivity contribution in [3.63, 3.8) is 0 Å². The van der Waals surface area contributed by atoms with E-state index in [1.54, 1.807) is 0 Å². The summed E-state index contributed by atoms with van der Waals surface area (Å²) >= 11 is 0.